The van der Waals surface area contributed by atoms with Crippen molar-refractivity contribution in [1.29, 1.82) is 0 Å². The topological polar surface area (TPSA) is 56.7 Å². The highest BCUT2D eigenvalue weighted by atomic mass is 16.2. The van der Waals surface area contributed by atoms with Gasteiger partial charge in [-0.3, -0.25) is 9.79 Å². The number of carbonyl (C=O) groups excluding carboxylic acids is 1. The third-order valence-corrected chi connectivity index (χ3v) is 5.52. The lowest BCUT2D eigenvalue weighted by Crippen LogP contribution is -2.46. The van der Waals surface area contributed by atoms with Crippen LogP contribution < -0.4 is 10.6 Å². The molecule has 1 saturated heterocycles. The average Bonchev–Trinajstić information content (AvgIpc) is 3.46. The lowest BCUT2D eigenvalue weighted by Gasteiger charge is -2.22. The Bertz CT molecular complexity index is 442. The zero-order chi connectivity index (χ0) is 16.4. The highest BCUT2D eigenvalue weighted by Crippen LogP contribution is 2.48. The van der Waals surface area contributed by atoms with Gasteiger partial charge in [-0.05, 0) is 49.9 Å². The molecule has 3 aliphatic rings. The summed E-state index contributed by atoms with van der Waals surface area (Å²) in [7, 11) is 1.84. The first-order valence-corrected chi connectivity index (χ1v) is 9.34. The fourth-order valence-electron chi connectivity index (χ4n) is 3.81. The molecule has 2 saturated carbocycles. The van der Waals surface area contributed by atoms with E-state index in [0.29, 0.717) is 6.04 Å². The first-order chi connectivity index (χ1) is 11.1. The van der Waals surface area contributed by atoms with Crippen LogP contribution in [0.4, 0.5) is 0 Å². The quantitative estimate of drug-likeness (QED) is 0.580. The van der Waals surface area contributed by atoms with E-state index in [2.05, 4.69) is 15.6 Å². The SMILES string of the molecule is CN=C(NCC(C1CC1)C1CC1)NC1CCN(C(=O)C(C)C)C1. The summed E-state index contributed by atoms with van der Waals surface area (Å²) in [4.78, 5) is 18.4. The molecular weight excluding hydrogens is 288 g/mol. The summed E-state index contributed by atoms with van der Waals surface area (Å²) in [5, 5.41) is 7.05. The van der Waals surface area contributed by atoms with Crippen LogP contribution >= 0.6 is 0 Å². The Morgan fingerprint density at radius 2 is 1.83 bits per heavy atom. The monoisotopic (exact) mass is 320 g/mol. The molecule has 1 aliphatic heterocycles. The highest BCUT2D eigenvalue weighted by Gasteiger charge is 2.41. The second-order valence-corrected chi connectivity index (χ2v) is 7.86. The van der Waals surface area contributed by atoms with Crippen molar-refractivity contribution in [2.45, 2.75) is 52.0 Å². The zero-order valence-corrected chi connectivity index (χ0v) is 14.8. The summed E-state index contributed by atoms with van der Waals surface area (Å²) in [6, 6.07) is 0.323. The van der Waals surface area contributed by atoms with Crippen LogP contribution in [0.25, 0.3) is 0 Å². The van der Waals surface area contributed by atoms with Crippen LogP contribution in [0.1, 0.15) is 46.0 Å². The Morgan fingerprint density at radius 1 is 1.17 bits per heavy atom. The van der Waals surface area contributed by atoms with Gasteiger partial charge in [-0.25, -0.2) is 0 Å². The van der Waals surface area contributed by atoms with E-state index in [4.69, 9.17) is 0 Å². The van der Waals surface area contributed by atoms with Gasteiger partial charge in [0.1, 0.15) is 0 Å². The van der Waals surface area contributed by atoms with Gasteiger partial charge in [-0.15, -0.1) is 0 Å². The predicted molar refractivity (Wildman–Crippen MR) is 93.3 cm³/mol. The molecule has 0 aromatic heterocycles. The molecule has 1 heterocycles. The number of hydrogen-bond donors (Lipinski definition) is 2. The van der Waals surface area contributed by atoms with Gasteiger partial charge in [0.2, 0.25) is 5.91 Å². The Kier molecular flexibility index (Phi) is 5.12. The van der Waals surface area contributed by atoms with Gasteiger partial charge >= 0.3 is 0 Å². The fraction of sp³-hybridized carbons (Fsp3) is 0.889. The molecule has 1 atom stereocenters. The van der Waals surface area contributed by atoms with Gasteiger partial charge in [-0.1, -0.05) is 13.8 Å². The summed E-state index contributed by atoms with van der Waals surface area (Å²) in [5.41, 5.74) is 0. The van der Waals surface area contributed by atoms with Crippen LogP contribution in [0.2, 0.25) is 0 Å². The zero-order valence-electron chi connectivity index (χ0n) is 14.8. The maximum Gasteiger partial charge on any atom is 0.225 e. The number of amides is 1. The third-order valence-electron chi connectivity index (χ3n) is 5.52. The van der Waals surface area contributed by atoms with Crippen molar-refractivity contribution >= 4 is 11.9 Å². The van der Waals surface area contributed by atoms with E-state index in [1.807, 2.05) is 25.8 Å². The van der Waals surface area contributed by atoms with Crippen LogP contribution in [0.15, 0.2) is 4.99 Å². The molecule has 0 spiro atoms. The van der Waals surface area contributed by atoms with Gasteiger partial charge in [0, 0.05) is 38.6 Å². The molecule has 1 unspecified atom stereocenters. The summed E-state index contributed by atoms with van der Waals surface area (Å²) in [6.45, 7) is 6.65. The summed E-state index contributed by atoms with van der Waals surface area (Å²) in [5.74, 6) is 4.01. The van der Waals surface area contributed by atoms with Crippen LogP contribution in [0.3, 0.4) is 0 Å². The van der Waals surface area contributed by atoms with E-state index in [0.717, 1.165) is 49.8 Å². The van der Waals surface area contributed by atoms with Crippen molar-refractivity contribution in [3.05, 3.63) is 0 Å². The molecule has 130 valence electrons. The maximum atomic E-state index is 12.1. The molecule has 3 rings (SSSR count). The van der Waals surface area contributed by atoms with E-state index in [1.54, 1.807) is 0 Å². The van der Waals surface area contributed by atoms with Crippen LogP contribution in [-0.4, -0.2) is 49.5 Å². The number of likely N-dealkylation sites (tertiary alicyclic amines) is 1. The number of guanidine groups is 1. The Hall–Kier alpha value is -1.26. The molecule has 0 radical (unpaired) electrons. The fourth-order valence-corrected chi connectivity index (χ4v) is 3.81. The normalized spacial score (nSPS) is 25.3. The number of nitrogens with one attached hydrogen (secondary N) is 2. The third kappa shape index (κ3) is 4.39. The van der Waals surface area contributed by atoms with Crippen molar-refractivity contribution < 1.29 is 4.79 Å². The van der Waals surface area contributed by atoms with E-state index < -0.39 is 0 Å². The van der Waals surface area contributed by atoms with Crippen molar-refractivity contribution in [2.24, 2.45) is 28.7 Å². The van der Waals surface area contributed by atoms with E-state index in [1.165, 1.54) is 25.7 Å². The molecule has 0 aromatic rings. The van der Waals surface area contributed by atoms with Crippen molar-refractivity contribution in [1.82, 2.24) is 15.5 Å². The number of rotatable bonds is 6. The van der Waals surface area contributed by atoms with E-state index in [9.17, 15) is 4.79 Å². The van der Waals surface area contributed by atoms with Gasteiger partial charge in [-0.2, -0.15) is 0 Å². The van der Waals surface area contributed by atoms with Crippen LogP contribution in [0, 0.1) is 23.7 Å². The molecule has 5 nitrogen and oxygen atoms in total. The smallest absolute Gasteiger partial charge is 0.225 e. The molecule has 1 amide bonds. The molecule has 2 aliphatic carbocycles. The lowest BCUT2D eigenvalue weighted by molar-refractivity contribution is -0.133. The largest absolute Gasteiger partial charge is 0.356 e. The molecule has 0 aromatic carbocycles. The Labute approximate surface area is 140 Å². The van der Waals surface area contributed by atoms with Gasteiger partial charge in [0.15, 0.2) is 5.96 Å². The van der Waals surface area contributed by atoms with Gasteiger partial charge in [0.25, 0.3) is 0 Å². The Morgan fingerprint density at radius 3 is 2.35 bits per heavy atom. The number of carbonyl (C=O) groups is 1. The second kappa shape index (κ2) is 7.10. The molecule has 23 heavy (non-hydrogen) atoms. The molecular formula is C18H32N4O. The Balaban J connectivity index is 1.43. The predicted octanol–water partition coefficient (Wildman–Crippen LogP) is 1.84. The minimum Gasteiger partial charge on any atom is -0.356 e. The number of aliphatic imine (C=N–C) groups is 1. The molecule has 5 heteroatoms. The van der Waals surface area contributed by atoms with Crippen LogP contribution in [-0.2, 0) is 4.79 Å². The minimum atomic E-state index is 0.0871. The van der Waals surface area contributed by atoms with Gasteiger partial charge in [0.05, 0.1) is 0 Å². The average molecular weight is 320 g/mol. The van der Waals surface area contributed by atoms with Crippen molar-refractivity contribution in [2.75, 3.05) is 26.7 Å². The standard InChI is InChI=1S/C18H32N4O/c1-12(2)17(23)22-9-8-15(11-22)21-18(19-3)20-10-16(13-4-5-13)14-6-7-14/h12-16H,4-11H2,1-3H3,(H2,19,20,21). The number of hydrogen-bond acceptors (Lipinski definition) is 2. The minimum absolute atomic E-state index is 0.0871. The van der Waals surface area contributed by atoms with Gasteiger partial charge < -0.3 is 15.5 Å². The summed E-state index contributed by atoms with van der Waals surface area (Å²) < 4.78 is 0. The van der Waals surface area contributed by atoms with Crippen molar-refractivity contribution in [3.8, 4) is 0 Å². The van der Waals surface area contributed by atoms with E-state index >= 15 is 0 Å². The van der Waals surface area contributed by atoms with Crippen molar-refractivity contribution in [3.63, 3.8) is 0 Å². The van der Waals surface area contributed by atoms with E-state index in [-0.39, 0.29) is 11.8 Å². The second-order valence-electron chi connectivity index (χ2n) is 7.86. The number of nitrogens with zero attached hydrogens (tertiary/aromatic N) is 2. The lowest BCUT2D eigenvalue weighted by atomic mass is 9.98. The first kappa shape index (κ1) is 16.6. The summed E-state index contributed by atoms with van der Waals surface area (Å²) >= 11 is 0. The molecule has 3 fully saturated rings. The summed E-state index contributed by atoms with van der Waals surface area (Å²) in [6.07, 6.45) is 6.69. The van der Waals surface area contributed by atoms with Crippen LogP contribution in [0.5, 0.6) is 0 Å². The first-order valence-electron chi connectivity index (χ1n) is 9.34. The molecule has 0 bridgehead atoms. The maximum absolute atomic E-state index is 12.1. The molecule has 2 N–H and O–H groups in total. The highest BCUT2D eigenvalue weighted by molar-refractivity contribution is 5.81.